The minimum Gasteiger partial charge on any atom is -0.481 e. The van der Waals surface area contributed by atoms with E-state index in [9.17, 15) is 5.26 Å². The molecule has 2 fully saturated rings. The Morgan fingerprint density at radius 3 is 2.51 bits per heavy atom. The second-order valence-electron chi connectivity index (χ2n) is 10.3. The zero-order valence-electron chi connectivity index (χ0n) is 21.7. The largest absolute Gasteiger partial charge is 0.481 e. The number of piperidine rings is 1. The molecule has 0 spiro atoms. The number of hydrogen-bond acceptors (Lipinski definition) is 8. The normalized spacial score (nSPS) is 19.7. The molecule has 3 atom stereocenters. The second-order valence-corrected chi connectivity index (χ2v) is 10.3. The molecule has 0 bridgehead atoms. The average molecular weight is 518 g/mol. The quantitative estimate of drug-likeness (QED) is 0.350. The van der Waals surface area contributed by atoms with Gasteiger partial charge in [-0.3, -0.25) is 4.68 Å². The molecule has 7 rings (SSSR count). The molecule has 5 aromatic heterocycles. The molecule has 10 nitrogen and oxygen atoms in total. The Morgan fingerprint density at radius 1 is 0.974 bits per heavy atom. The van der Waals surface area contributed by atoms with Crippen molar-refractivity contribution in [3.05, 3.63) is 78.6 Å². The smallest absolute Gasteiger partial charge is 0.212 e. The van der Waals surface area contributed by atoms with Gasteiger partial charge in [0.15, 0.2) is 0 Å². The number of aromatic nitrogens is 6. The van der Waals surface area contributed by atoms with Gasteiger partial charge in [-0.25, -0.2) is 14.5 Å². The number of fused-ring (bicyclic) bond motifs is 2. The third-order valence-corrected chi connectivity index (χ3v) is 7.90. The van der Waals surface area contributed by atoms with Gasteiger partial charge in [0.25, 0.3) is 0 Å². The lowest BCUT2D eigenvalue weighted by Crippen LogP contribution is -2.31. The molecule has 10 heteroatoms. The molecule has 6 heterocycles. The van der Waals surface area contributed by atoms with Crippen molar-refractivity contribution in [2.24, 2.45) is 18.9 Å². The van der Waals surface area contributed by atoms with Crippen molar-refractivity contribution >= 4 is 11.3 Å². The topological polar surface area (TPSA) is 109 Å². The standard InChI is InChI=1S/C29H27N9O/c1-36-14-22(13-34-36)20-7-23(29-21(8-30)12-35-38(29)15-20)19-4-5-26(31-11-19)37-16-24-25(17-37)28(24)33-10-18-3-6-27(39-2)32-9-18/h3-7,9,11-15,24-25,28,33H,10,16-17H2,1-2H3/t24-,25+,28?. The summed E-state index contributed by atoms with van der Waals surface area (Å²) in [5.41, 5.74) is 6.31. The number of methoxy groups -OCH3 is 1. The molecular weight excluding hydrogens is 490 g/mol. The maximum atomic E-state index is 9.70. The fourth-order valence-electron chi connectivity index (χ4n) is 5.77. The number of anilines is 1. The number of nitriles is 1. The van der Waals surface area contributed by atoms with Crippen LogP contribution in [-0.4, -0.2) is 55.6 Å². The van der Waals surface area contributed by atoms with E-state index in [0.29, 0.717) is 29.3 Å². The maximum absolute atomic E-state index is 9.70. The Balaban J connectivity index is 1.07. The van der Waals surface area contributed by atoms with Crippen LogP contribution in [0.15, 0.2) is 67.5 Å². The van der Waals surface area contributed by atoms with Gasteiger partial charge in [-0.2, -0.15) is 15.5 Å². The summed E-state index contributed by atoms with van der Waals surface area (Å²) in [6, 6.07) is 13.0. The van der Waals surface area contributed by atoms with Crippen molar-refractivity contribution in [2.75, 3.05) is 25.1 Å². The Kier molecular flexibility index (Phi) is 5.52. The first-order chi connectivity index (χ1) is 19.1. The highest BCUT2D eigenvalue weighted by Gasteiger charge is 2.55. The van der Waals surface area contributed by atoms with Crippen LogP contribution in [0.4, 0.5) is 5.82 Å². The first kappa shape index (κ1) is 23.4. The predicted molar refractivity (Wildman–Crippen MR) is 146 cm³/mol. The summed E-state index contributed by atoms with van der Waals surface area (Å²) in [5.74, 6) is 2.90. The van der Waals surface area contributed by atoms with Gasteiger partial charge >= 0.3 is 0 Å². The number of nitrogens with zero attached hydrogens (tertiary/aromatic N) is 8. The van der Waals surface area contributed by atoms with Crippen molar-refractivity contribution in [1.29, 1.82) is 5.26 Å². The molecule has 194 valence electrons. The van der Waals surface area contributed by atoms with Gasteiger partial charge in [0.1, 0.15) is 11.9 Å². The predicted octanol–water partition coefficient (Wildman–Crippen LogP) is 3.30. The summed E-state index contributed by atoms with van der Waals surface area (Å²) in [7, 11) is 3.52. The highest BCUT2D eigenvalue weighted by Crippen LogP contribution is 2.46. The summed E-state index contributed by atoms with van der Waals surface area (Å²) in [6.07, 6.45) is 11.1. The van der Waals surface area contributed by atoms with Crippen molar-refractivity contribution in [3.63, 3.8) is 0 Å². The first-order valence-electron chi connectivity index (χ1n) is 13.0. The fraction of sp³-hybridized carbons (Fsp3) is 0.276. The summed E-state index contributed by atoms with van der Waals surface area (Å²) < 4.78 is 8.69. The molecule has 1 unspecified atom stereocenters. The number of hydrogen-bond donors (Lipinski definition) is 1. The molecule has 0 radical (unpaired) electrons. The van der Waals surface area contributed by atoms with Gasteiger partial charge in [0, 0.05) is 85.8 Å². The van der Waals surface area contributed by atoms with Gasteiger partial charge in [-0.15, -0.1) is 0 Å². The zero-order chi connectivity index (χ0) is 26.5. The van der Waals surface area contributed by atoms with Crippen LogP contribution >= 0.6 is 0 Å². The van der Waals surface area contributed by atoms with Gasteiger partial charge in [0.05, 0.1) is 30.6 Å². The highest BCUT2D eigenvalue weighted by atomic mass is 16.5. The second kappa shape index (κ2) is 9.22. The highest BCUT2D eigenvalue weighted by molar-refractivity contribution is 5.87. The van der Waals surface area contributed by atoms with Crippen LogP contribution in [0.25, 0.3) is 27.8 Å². The molecule has 0 amide bonds. The third-order valence-electron chi connectivity index (χ3n) is 7.90. The Morgan fingerprint density at radius 2 is 1.85 bits per heavy atom. The van der Waals surface area contributed by atoms with Crippen LogP contribution in [-0.2, 0) is 13.6 Å². The Bertz CT molecular complexity index is 1690. The monoisotopic (exact) mass is 517 g/mol. The van der Waals surface area contributed by atoms with Crippen molar-refractivity contribution in [1.82, 2.24) is 34.7 Å². The molecule has 1 saturated carbocycles. The molecule has 2 aliphatic rings. The van der Waals surface area contributed by atoms with E-state index in [1.165, 1.54) is 0 Å². The molecular formula is C29H27N9O. The number of pyridine rings is 3. The number of ether oxygens (including phenoxy) is 1. The lowest BCUT2D eigenvalue weighted by Gasteiger charge is -2.21. The van der Waals surface area contributed by atoms with Crippen LogP contribution in [0.5, 0.6) is 5.88 Å². The summed E-state index contributed by atoms with van der Waals surface area (Å²) >= 11 is 0. The van der Waals surface area contributed by atoms with Crippen LogP contribution in [0.3, 0.4) is 0 Å². The van der Waals surface area contributed by atoms with E-state index in [4.69, 9.17) is 9.72 Å². The fourth-order valence-corrected chi connectivity index (χ4v) is 5.77. The summed E-state index contributed by atoms with van der Waals surface area (Å²) in [5, 5.41) is 22.1. The molecule has 1 saturated heterocycles. The van der Waals surface area contributed by atoms with Gasteiger partial charge in [-0.05, 0) is 35.6 Å². The maximum Gasteiger partial charge on any atom is 0.212 e. The first-order valence-corrected chi connectivity index (χ1v) is 13.0. The minimum atomic E-state index is 0.537. The van der Waals surface area contributed by atoms with Gasteiger partial charge < -0.3 is 15.0 Å². The van der Waals surface area contributed by atoms with E-state index in [1.54, 1.807) is 22.5 Å². The van der Waals surface area contributed by atoms with Gasteiger partial charge in [-0.1, -0.05) is 6.07 Å². The average Bonchev–Trinajstić information content (AvgIpc) is 3.41. The van der Waals surface area contributed by atoms with E-state index in [2.05, 4.69) is 55.7 Å². The van der Waals surface area contributed by atoms with E-state index >= 15 is 0 Å². The van der Waals surface area contributed by atoms with Gasteiger partial charge in [0.2, 0.25) is 5.88 Å². The van der Waals surface area contributed by atoms with E-state index in [1.807, 2.05) is 44.1 Å². The minimum absolute atomic E-state index is 0.537. The van der Waals surface area contributed by atoms with Crippen molar-refractivity contribution in [2.45, 2.75) is 12.6 Å². The van der Waals surface area contributed by atoms with Crippen LogP contribution in [0, 0.1) is 23.2 Å². The molecule has 5 aromatic rings. The van der Waals surface area contributed by atoms with Crippen LogP contribution < -0.4 is 15.0 Å². The number of rotatable bonds is 7. The Labute approximate surface area is 225 Å². The SMILES string of the molecule is COc1ccc(CNC2[C@H]3CN(c4ccc(-c5cc(-c6cnn(C)c6)cn6ncc(C#N)c56)cn4)C[C@@H]23)cn1. The number of nitrogens with one attached hydrogen (secondary N) is 1. The third kappa shape index (κ3) is 4.17. The zero-order valence-corrected chi connectivity index (χ0v) is 21.7. The lowest BCUT2D eigenvalue weighted by molar-refractivity contribution is 0.397. The summed E-state index contributed by atoms with van der Waals surface area (Å²) in [4.78, 5) is 11.5. The lowest BCUT2D eigenvalue weighted by atomic mass is 10.0. The van der Waals surface area contributed by atoms with Crippen molar-refractivity contribution < 1.29 is 4.74 Å². The Hall–Kier alpha value is -4.75. The molecule has 1 aliphatic heterocycles. The molecule has 0 aromatic carbocycles. The van der Waals surface area contributed by atoms with Crippen LogP contribution in [0.1, 0.15) is 11.1 Å². The van der Waals surface area contributed by atoms with E-state index < -0.39 is 0 Å². The van der Waals surface area contributed by atoms with Crippen molar-refractivity contribution in [3.8, 4) is 34.2 Å². The van der Waals surface area contributed by atoms with Crippen LogP contribution in [0.2, 0.25) is 0 Å². The molecule has 1 aliphatic carbocycles. The molecule has 1 N–H and O–H groups in total. The summed E-state index contributed by atoms with van der Waals surface area (Å²) in [6.45, 7) is 2.81. The molecule has 39 heavy (non-hydrogen) atoms. The van der Waals surface area contributed by atoms with E-state index in [0.717, 1.165) is 58.8 Å². The number of aryl methyl sites for hydroxylation is 1. The van der Waals surface area contributed by atoms with E-state index in [-0.39, 0.29) is 0 Å².